The monoisotopic (exact) mass is 282 g/mol. The van der Waals surface area contributed by atoms with Crippen LogP contribution in [0.25, 0.3) is 0 Å². The first-order valence-corrected chi connectivity index (χ1v) is 6.89. The second-order valence-electron chi connectivity index (χ2n) is 4.94. The molecule has 0 saturated carbocycles. The number of aryl methyl sites for hydroxylation is 1. The Labute approximate surface area is 124 Å². The summed E-state index contributed by atoms with van der Waals surface area (Å²) in [6, 6.07) is 11.6. The molecule has 2 rings (SSSR count). The highest BCUT2D eigenvalue weighted by atomic mass is 16.1. The fourth-order valence-corrected chi connectivity index (χ4v) is 2.05. The minimum atomic E-state index is -0.660. The maximum absolute atomic E-state index is 12.0. The Morgan fingerprint density at radius 3 is 2.81 bits per heavy atom. The van der Waals surface area contributed by atoms with Gasteiger partial charge in [-0.2, -0.15) is 10.4 Å². The van der Waals surface area contributed by atoms with Crippen LogP contribution in [-0.4, -0.2) is 22.2 Å². The number of nitriles is 1. The van der Waals surface area contributed by atoms with Gasteiger partial charge in [-0.1, -0.05) is 30.3 Å². The molecule has 2 aromatic rings. The van der Waals surface area contributed by atoms with Gasteiger partial charge in [-0.25, -0.2) is 0 Å². The summed E-state index contributed by atoms with van der Waals surface area (Å²) in [7, 11) is 0. The summed E-state index contributed by atoms with van der Waals surface area (Å²) in [5, 5.41) is 16.1. The number of hydrogen-bond donors (Lipinski definition) is 1. The molecule has 1 atom stereocenters. The zero-order chi connectivity index (χ0) is 15.1. The number of rotatable bonds is 6. The van der Waals surface area contributed by atoms with Gasteiger partial charge in [0.2, 0.25) is 5.91 Å². The molecule has 1 heterocycles. The Bertz CT molecular complexity index is 627. The molecule has 0 aliphatic rings. The molecule has 1 N–H and O–H groups in total. The van der Waals surface area contributed by atoms with E-state index >= 15 is 0 Å². The van der Waals surface area contributed by atoms with E-state index < -0.39 is 5.92 Å². The standard InChI is InChI=1S/C16H18N4O/c1-13-11-19-20(12-13)8-7-18-16(21)15(10-17)9-14-5-3-2-4-6-14/h2-6,11-12,15H,7-9H2,1H3,(H,18,21). The lowest BCUT2D eigenvalue weighted by Gasteiger charge is -2.10. The minimum Gasteiger partial charge on any atom is -0.353 e. The first kappa shape index (κ1) is 14.8. The van der Waals surface area contributed by atoms with Gasteiger partial charge in [0.05, 0.1) is 18.8 Å². The van der Waals surface area contributed by atoms with Crippen molar-refractivity contribution in [3.8, 4) is 6.07 Å². The fourth-order valence-electron chi connectivity index (χ4n) is 2.05. The maximum atomic E-state index is 12.0. The second kappa shape index (κ2) is 7.25. The molecule has 108 valence electrons. The van der Waals surface area contributed by atoms with Crippen LogP contribution in [-0.2, 0) is 17.8 Å². The molecular weight excluding hydrogens is 264 g/mol. The molecule has 0 radical (unpaired) electrons. The van der Waals surface area contributed by atoms with Crippen LogP contribution in [0.1, 0.15) is 11.1 Å². The van der Waals surface area contributed by atoms with E-state index in [1.54, 1.807) is 10.9 Å². The minimum absolute atomic E-state index is 0.231. The van der Waals surface area contributed by atoms with Gasteiger partial charge < -0.3 is 5.32 Å². The van der Waals surface area contributed by atoms with Crippen molar-refractivity contribution in [3.05, 3.63) is 53.9 Å². The number of carbonyl (C=O) groups is 1. The Balaban J connectivity index is 1.82. The van der Waals surface area contributed by atoms with Crippen molar-refractivity contribution in [1.82, 2.24) is 15.1 Å². The number of hydrogen-bond acceptors (Lipinski definition) is 3. The summed E-state index contributed by atoms with van der Waals surface area (Å²) in [6.45, 7) is 3.03. The van der Waals surface area contributed by atoms with Crippen LogP contribution in [0.4, 0.5) is 0 Å². The van der Waals surface area contributed by atoms with E-state index in [0.717, 1.165) is 11.1 Å². The Kier molecular flexibility index (Phi) is 5.10. The summed E-state index contributed by atoms with van der Waals surface area (Å²) < 4.78 is 1.77. The van der Waals surface area contributed by atoms with Gasteiger partial charge in [0, 0.05) is 12.7 Å². The van der Waals surface area contributed by atoms with E-state index in [2.05, 4.69) is 16.5 Å². The third-order valence-electron chi connectivity index (χ3n) is 3.16. The summed E-state index contributed by atoms with van der Waals surface area (Å²) in [5.41, 5.74) is 2.07. The van der Waals surface area contributed by atoms with Crippen molar-refractivity contribution >= 4 is 5.91 Å². The van der Waals surface area contributed by atoms with Crippen LogP contribution in [0.3, 0.4) is 0 Å². The molecule has 0 spiro atoms. The number of benzene rings is 1. The average Bonchev–Trinajstić information content (AvgIpc) is 2.91. The molecule has 21 heavy (non-hydrogen) atoms. The van der Waals surface area contributed by atoms with Gasteiger partial charge in [-0.3, -0.25) is 9.48 Å². The summed E-state index contributed by atoms with van der Waals surface area (Å²) in [6.07, 6.45) is 4.12. The zero-order valence-corrected chi connectivity index (χ0v) is 12.0. The molecule has 0 aliphatic carbocycles. The first-order chi connectivity index (χ1) is 10.2. The highest BCUT2D eigenvalue weighted by molar-refractivity contribution is 5.81. The predicted octanol–water partition coefficient (Wildman–Crippen LogP) is 1.69. The number of nitrogens with one attached hydrogen (secondary N) is 1. The van der Waals surface area contributed by atoms with E-state index in [1.807, 2.05) is 43.5 Å². The zero-order valence-electron chi connectivity index (χ0n) is 12.0. The van der Waals surface area contributed by atoms with Gasteiger partial charge in [0.25, 0.3) is 0 Å². The van der Waals surface area contributed by atoms with Gasteiger partial charge in [0.1, 0.15) is 5.92 Å². The van der Waals surface area contributed by atoms with Crippen LogP contribution >= 0.6 is 0 Å². The summed E-state index contributed by atoms with van der Waals surface area (Å²) in [4.78, 5) is 12.0. The van der Waals surface area contributed by atoms with Crippen molar-refractivity contribution < 1.29 is 4.79 Å². The molecule has 0 fully saturated rings. The van der Waals surface area contributed by atoms with E-state index in [4.69, 9.17) is 5.26 Å². The van der Waals surface area contributed by atoms with Crippen molar-refractivity contribution in [3.63, 3.8) is 0 Å². The molecule has 0 bridgehead atoms. The van der Waals surface area contributed by atoms with Gasteiger partial charge in [0.15, 0.2) is 0 Å². The predicted molar refractivity (Wildman–Crippen MR) is 79.2 cm³/mol. The Morgan fingerprint density at radius 2 is 2.19 bits per heavy atom. The van der Waals surface area contributed by atoms with Crippen LogP contribution in [0.5, 0.6) is 0 Å². The average molecular weight is 282 g/mol. The van der Waals surface area contributed by atoms with Crippen LogP contribution in [0.15, 0.2) is 42.7 Å². The molecular formula is C16H18N4O. The molecule has 1 amide bonds. The molecule has 5 nitrogen and oxygen atoms in total. The maximum Gasteiger partial charge on any atom is 0.237 e. The highest BCUT2D eigenvalue weighted by Gasteiger charge is 2.17. The largest absolute Gasteiger partial charge is 0.353 e. The molecule has 1 aromatic heterocycles. The lowest BCUT2D eigenvalue weighted by Crippen LogP contribution is -2.33. The lowest BCUT2D eigenvalue weighted by atomic mass is 10.00. The molecule has 1 aromatic carbocycles. The molecule has 0 saturated heterocycles. The normalized spacial score (nSPS) is 11.6. The van der Waals surface area contributed by atoms with Crippen LogP contribution in [0.2, 0.25) is 0 Å². The third-order valence-corrected chi connectivity index (χ3v) is 3.16. The van der Waals surface area contributed by atoms with E-state index in [-0.39, 0.29) is 5.91 Å². The smallest absolute Gasteiger partial charge is 0.237 e. The second-order valence-corrected chi connectivity index (χ2v) is 4.94. The highest BCUT2D eigenvalue weighted by Crippen LogP contribution is 2.08. The van der Waals surface area contributed by atoms with Gasteiger partial charge in [-0.05, 0) is 24.5 Å². The van der Waals surface area contributed by atoms with E-state index in [0.29, 0.717) is 19.5 Å². The van der Waals surface area contributed by atoms with Crippen molar-refractivity contribution in [2.24, 2.45) is 5.92 Å². The van der Waals surface area contributed by atoms with Crippen molar-refractivity contribution in [2.45, 2.75) is 19.9 Å². The molecule has 1 unspecified atom stereocenters. The van der Waals surface area contributed by atoms with E-state index in [9.17, 15) is 4.79 Å². The third kappa shape index (κ3) is 4.46. The molecule has 0 aliphatic heterocycles. The number of nitrogens with zero attached hydrogens (tertiary/aromatic N) is 3. The number of aromatic nitrogens is 2. The lowest BCUT2D eigenvalue weighted by molar-refractivity contribution is -0.123. The Hall–Kier alpha value is -2.61. The molecule has 5 heteroatoms. The number of amides is 1. The fraction of sp³-hybridized carbons (Fsp3) is 0.312. The van der Waals surface area contributed by atoms with Gasteiger partial charge >= 0.3 is 0 Å². The first-order valence-electron chi connectivity index (χ1n) is 6.89. The van der Waals surface area contributed by atoms with Gasteiger partial charge in [-0.15, -0.1) is 0 Å². The SMILES string of the molecule is Cc1cnn(CCNC(=O)C(C#N)Cc2ccccc2)c1. The quantitative estimate of drug-likeness (QED) is 0.876. The van der Waals surface area contributed by atoms with E-state index in [1.165, 1.54) is 0 Å². The van der Waals surface area contributed by atoms with Crippen molar-refractivity contribution in [2.75, 3.05) is 6.54 Å². The summed E-state index contributed by atoms with van der Waals surface area (Å²) >= 11 is 0. The topological polar surface area (TPSA) is 70.7 Å². The Morgan fingerprint density at radius 1 is 1.43 bits per heavy atom. The van der Waals surface area contributed by atoms with Crippen LogP contribution < -0.4 is 5.32 Å². The van der Waals surface area contributed by atoms with Crippen molar-refractivity contribution in [1.29, 1.82) is 5.26 Å². The van der Waals surface area contributed by atoms with Crippen LogP contribution in [0, 0.1) is 24.2 Å². The summed E-state index contributed by atoms with van der Waals surface area (Å²) in [5.74, 6) is -0.892. The number of carbonyl (C=O) groups excluding carboxylic acids is 1.